The van der Waals surface area contributed by atoms with E-state index in [0.29, 0.717) is 30.2 Å². The lowest BCUT2D eigenvalue weighted by molar-refractivity contribution is 0.144. The summed E-state index contributed by atoms with van der Waals surface area (Å²) in [5, 5.41) is 9.30. The number of ether oxygens (including phenoxy) is 3. The zero-order chi connectivity index (χ0) is 20.9. The number of methoxy groups -OCH3 is 2. The lowest BCUT2D eigenvalue weighted by Gasteiger charge is -2.32. The van der Waals surface area contributed by atoms with Gasteiger partial charge in [-0.15, -0.1) is 0 Å². The molecule has 0 bridgehead atoms. The summed E-state index contributed by atoms with van der Waals surface area (Å²) in [7, 11) is 5.37. The number of piperazine rings is 1. The second kappa shape index (κ2) is 9.19. The van der Waals surface area contributed by atoms with Gasteiger partial charge in [0.25, 0.3) is 0 Å². The van der Waals surface area contributed by atoms with Crippen LogP contribution in [0.5, 0.6) is 11.5 Å². The lowest BCUT2D eigenvalue weighted by Crippen LogP contribution is -2.45. The van der Waals surface area contributed by atoms with Crippen LogP contribution in [0.1, 0.15) is 0 Å². The Hall–Kier alpha value is -3.04. The third-order valence-electron chi connectivity index (χ3n) is 5.20. The number of anilines is 1. The van der Waals surface area contributed by atoms with Gasteiger partial charge in [0, 0.05) is 68.3 Å². The van der Waals surface area contributed by atoms with Crippen LogP contribution >= 0.6 is 0 Å². The molecule has 0 aliphatic carbocycles. The molecule has 1 fully saturated rings. The van der Waals surface area contributed by atoms with Crippen molar-refractivity contribution < 1.29 is 14.2 Å². The summed E-state index contributed by atoms with van der Waals surface area (Å²) in [6.45, 7) is 4.80. The zero-order valence-electron chi connectivity index (χ0n) is 17.5. The minimum atomic E-state index is 0.426. The molecule has 0 spiro atoms. The monoisotopic (exact) mass is 410 g/mol. The predicted octanol–water partition coefficient (Wildman–Crippen LogP) is 1.87. The maximum absolute atomic E-state index is 5.83. The first kappa shape index (κ1) is 20.2. The largest absolute Gasteiger partial charge is 0.493 e. The minimum absolute atomic E-state index is 0.426. The summed E-state index contributed by atoms with van der Waals surface area (Å²) in [4.78, 5) is 13.7. The fourth-order valence-corrected chi connectivity index (χ4v) is 3.43. The Balaban J connectivity index is 1.65. The summed E-state index contributed by atoms with van der Waals surface area (Å²) in [6, 6.07) is 3.75. The number of hydrogen-bond acceptors (Lipinski definition) is 9. The number of hydrogen-bond donors (Lipinski definition) is 0. The van der Waals surface area contributed by atoms with Crippen molar-refractivity contribution in [3.05, 3.63) is 30.7 Å². The molecule has 2 aromatic heterocycles. The van der Waals surface area contributed by atoms with E-state index in [-0.39, 0.29) is 0 Å². The standard InChI is InChI=1S/C21H26N6O3/c1-26-4-6-27(7-5-26)21-22-12-15(13-23-21)17-14-24-25-18-11-19(29-3)20(10-16(17)18)30-9-8-28-2/h10-14H,4-9H2,1-3H3. The van der Waals surface area contributed by atoms with Gasteiger partial charge < -0.3 is 24.0 Å². The van der Waals surface area contributed by atoms with Gasteiger partial charge in [0.15, 0.2) is 11.5 Å². The topological polar surface area (TPSA) is 85.7 Å². The van der Waals surface area contributed by atoms with E-state index in [0.717, 1.165) is 48.6 Å². The molecule has 3 aromatic rings. The van der Waals surface area contributed by atoms with E-state index >= 15 is 0 Å². The van der Waals surface area contributed by atoms with Crippen LogP contribution in [-0.2, 0) is 4.74 Å². The summed E-state index contributed by atoms with van der Waals surface area (Å²) in [5.74, 6) is 1.99. The van der Waals surface area contributed by atoms with Crippen molar-refractivity contribution in [2.24, 2.45) is 0 Å². The third-order valence-corrected chi connectivity index (χ3v) is 5.20. The number of benzene rings is 1. The highest BCUT2D eigenvalue weighted by molar-refractivity contribution is 5.95. The summed E-state index contributed by atoms with van der Waals surface area (Å²) in [5.41, 5.74) is 2.48. The van der Waals surface area contributed by atoms with Crippen LogP contribution in [0.15, 0.2) is 30.7 Å². The summed E-state index contributed by atoms with van der Waals surface area (Å²) in [6.07, 6.45) is 5.40. The Morgan fingerprint density at radius 3 is 2.40 bits per heavy atom. The van der Waals surface area contributed by atoms with Crippen molar-refractivity contribution in [3.8, 4) is 22.6 Å². The fraction of sp³-hybridized carbons (Fsp3) is 0.429. The van der Waals surface area contributed by atoms with Gasteiger partial charge in [-0.05, 0) is 13.1 Å². The van der Waals surface area contributed by atoms with E-state index in [9.17, 15) is 0 Å². The van der Waals surface area contributed by atoms with Gasteiger partial charge in [0.2, 0.25) is 5.95 Å². The highest BCUT2D eigenvalue weighted by atomic mass is 16.5. The third kappa shape index (κ3) is 4.27. The predicted molar refractivity (Wildman–Crippen MR) is 114 cm³/mol. The van der Waals surface area contributed by atoms with Crippen molar-refractivity contribution in [2.75, 3.05) is 65.6 Å². The smallest absolute Gasteiger partial charge is 0.225 e. The normalized spacial score (nSPS) is 14.8. The molecule has 1 aromatic carbocycles. The molecule has 0 N–H and O–H groups in total. The SMILES string of the molecule is COCCOc1cc2c(-c3cnc(N4CCN(C)CC4)nc3)cnnc2cc1OC. The van der Waals surface area contributed by atoms with Gasteiger partial charge in [-0.2, -0.15) is 10.2 Å². The van der Waals surface area contributed by atoms with Crippen LogP contribution in [0, 0.1) is 0 Å². The second-order valence-electron chi connectivity index (χ2n) is 7.18. The Bertz CT molecular complexity index is 990. The molecule has 1 aliphatic rings. The molecule has 30 heavy (non-hydrogen) atoms. The Labute approximate surface area is 175 Å². The van der Waals surface area contributed by atoms with E-state index in [1.165, 1.54) is 0 Å². The first-order valence-corrected chi connectivity index (χ1v) is 9.90. The molecule has 0 saturated carbocycles. The fourth-order valence-electron chi connectivity index (χ4n) is 3.43. The molecule has 9 heteroatoms. The van der Waals surface area contributed by atoms with Crippen LogP contribution in [-0.4, -0.2) is 85.7 Å². The number of fused-ring (bicyclic) bond motifs is 1. The first-order valence-electron chi connectivity index (χ1n) is 9.90. The molecule has 4 rings (SSSR count). The van der Waals surface area contributed by atoms with Crippen LogP contribution < -0.4 is 14.4 Å². The molecule has 158 valence electrons. The average Bonchev–Trinajstić information content (AvgIpc) is 2.79. The van der Waals surface area contributed by atoms with Gasteiger partial charge in [0.05, 0.1) is 25.4 Å². The zero-order valence-corrected chi connectivity index (χ0v) is 17.5. The minimum Gasteiger partial charge on any atom is -0.493 e. The Morgan fingerprint density at radius 2 is 1.70 bits per heavy atom. The summed E-state index contributed by atoms with van der Waals surface area (Å²) < 4.78 is 16.4. The molecule has 0 amide bonds. The number of likely N-dealkylation sites (N-methyl/N-ethyl adjacent to an activating group) is 1. The van der Waals surface area contributed by atoms with Crippen LogP contribution in [0.2, 0.25) is 0 Å². The Kier molecular flexibility index (Phi) is 6.20. The van der Waals surface area contributed by atoms with Crippen molar-refractivity contribution >= 4 is 16.9 Å². The molecule has 3 heterocycles. The van der Waals surface area contributed by atoms with Gasteiger partial charge in [0.1, 0.15) is 6.61 Å². The molecule has 9 nitrogen and oxygen atoms in total. The van der Waals surface area contributed by atoms with E-state index in [1.54, 1.807) is 20.4 Å². The van der Waals surface area contributed by atoms with Crippen molar-refractivity contribution in [1.82, 2.24) is 25.1 Å². The van der Waals surface area contributed by atoms with Crippen molar-refractivity contribution in [3.63, 3.8) is 0 Å². The molecule has 0 atom stereocenters. The average molecular weight is 410 g/mol. The summed E-state index contributed by atoms with van der Waals surface area (Å²) >= 11 is 0. The van der Waals surface area contributed by atoms with E-state index < -0.39 is 0 Å². The van der Waals surface area contributed by atoms with Crippen LogP contribution in [0.25, 0.3) is 22.0 Å². The molecule has 0 radical (unpaired) electrons. The quantitative estimate of drug-likeness (QED) is 0.542. The van der Waals surface area contributed by atoms with Crippen LogP contribution in [0.3, 0.4) is 0 Å². The Morgan fingerprint density at radius 1 is 0.933 bits per heavy atom. The first-order chi connectivity index (χ1) is 14.7. The van der Waals surface area contributed by atoms with E-state index in [2.05, 4.69) is 37.0 Å². The molecular weight excluding hydrogens is 384 g/mol. The van der Waals surface area contributed by atoms with Crippen molar-refractivity contribution in [2.45, 2.75) is 0 Å². The number of aromatic nitrogens is 4. The van der Waals surface area contributed by atoms with Gasteiger partial charge in [-0.25, -0.2) is 9.97 Å². The number of nitrogens with zero attached hydrogens (tertiary/aromatic N) is 6. The molecule has 1 aliphatic heterocycles. The van der Waals surface area contributed by atoms with E-state index in [4.69, 9.17) is 14.2 Å². The molecule has 1 saturated heterocycles. The van der Waals surface area contributed by atoms with Gasteiger partial charge in [-0.3, -0.25) is 0 Å². The number of rotatable bonds is 7. The second-order valence-corrected chi connectivity index (χ2v) is 7.18. The lowest BCUT2D eigenvalue weighted by atomic mass is 10.1. The highest BCUT2D eigenvalue weighted by Gasteiger charge is 2.17. The van der Waals surface area contributed by atoms with E-state index in [1.807, 2.05) is 24.5 Å². The van der Waals surface area contributed by atoms with Gasteiger partial charge >= 0.3 is 0 Å². The maximum atomic E-state index is 5.83. The maximum Gasteiger partial charge on any atom is 0.225 e. The molecular formula is C21H26N6O3. The van der Waals surface area contributed by atoms with Crippen molar-refractivity contribution in [1.29, 1.82) is 0 Å². The molecule has 0 unspecified atom stereocenters. The van der Waals surface area contributed by atoms with Crippen LogP contribution in [0.4, 0.5) is 5.95 Å². The highest BCUT2D eigenvalue weighted by Crippen LogP contribution is 2.35. The van der Waals surface area contributed by atoms with Gasteiger partial charge in [-0.1, -0.05) is 0 Å².